The maximum Gasteiger partial charge on any atom is 0.0592 e. The van der Waals surface area contributed by atoms with Crippen molar-refractivity contribution in [2.24, 2.45) is 0 Å². The van der Waals surface area contributed by atoms with Crippen molar-refractivity contribution in [2.45, 2.75) is 43.6 Å². The van der Waals surface area contributed by atoms with E-state index in [4.69, 9.17) is 4.74 Å². The quantitative estimate of drug-likeness (QED) is 0.509. The second-order valence-corrected chi connectivity index (χ2v) is 5.76. The zero-order valence-corrected chi connectivity index (χ0v) is 10.9. The molecule has 0 rings (SSSR count). The predicted octanol–water partition coefficient (Wildman–Crippen LogP) is 1.20. The Morgan fingerprint density at radius 3 is 2.45 bits per heavy atom. The van der Waals surface area contributed by atoms with Gasteiger partial charge < -0.3 is 4.74 Å². The second kappa shape index (κ2) is 5.22. The molecular weight excluding hydrogens is 172 g/mol. The Balaban J connectivity index is 3.88. The monoisotopic (exact) mass is 192 g/mol. The Kier molecular flexibility index (Phi) is 5.47. The van der Waals surface area contributed by atoms with E-state index in [9.17, 15) is 0 Å². The lowest BCUT2D eigenvalue weighted by atomic mass is 10.1. The van der Waals surface area contributed by atoms with Gasteiger partial charge in [-0.05, 0) is 6.42 Å². The number of thiol groups is 1. The maximum absolute atomic E-state index is 5.49. The summed E-state index contributed by atoms with van der Waals surface area (Å²) in [6.07, 6.45) is 3.66. The number of ether oxygens (including phenoxy) is 1. The Labute approximate surface area is 78.7 Å². The predicted molar refractivity (Wildman–Crippen MR) is 57.7 cm³/mol. The molecule has 1 nitrogen and oxygen atoms in total. The van der Waals surface area contributed by atoms with Crippen LogP contribution in [0.5, 0.6) is 0 Å². The first-order chi connectivity index (χ1) is 5.06. The van der Waals surface area contributed by atoms with E-state index >= 15 is 0 Å². The molecule has 0 aliphatic carbocycles. The fraction of sp³-hybridized carbons (Fsp3) is 1.00. The van der Waals surface area contributed by atoms with Crippen LogP contribution in [0.15, 0.2) is 0 Å². The fourth-order valence-electron chi connectivity index (χ4n) is 1.01. The molecule has 0 aliphatic heterocycles. The molecule has 0 saturated heterocycles. The van der Waals surface area contributed by atoms with Crippen LogP contribution in [0.2, 0.25) is 0 Å². The zero-order valence-electron chi connectivity index (χ0n) is 8.05. The topological polar surface area (TPSA) is 9.23 Å². The molecule has 11 heavy (non-hydrogen) atoms. The Morgan fingerprint density at radius 2 is 2.18 bits per heavy atom. The second-order valence-electron chi connectivity index (χ2n) is 3.30. The smallest absolute Gasteiger partial charge is 0.0592 e. The molecule has 0 aromatic carbocycles. The molecule has 3 heteroatoms. The summed E-state index contributed by atoms with van der Waals surface area (Å²) in [5, 5.41) is 0.463. The van der Waals surface area contributed by atoms with Crippen LogP contribution in [-0.4, -0.2) is 27.8 Å². The molecule has 0 fully saturated rings. The van der Waals surface area contributed by atoms with Crippen LogP contribution < -0.4 is 0 Å². The van der Waals surface area contributed by atoms with Gasteiger partial charge in [0.2, 0.25) is 0 Å². The third-order valence-corrected chi connectivity index (χ3v) is 5.18. The van der Waals surface area contributed by atoms with Gasteiger partial charge in [0.25, 0.3) is 0 Å². The molecule has 2 unspecified atom stereocenters. The first-order valence-electron chi connectivity index (χ1n) is 4.30. The van der Waals surface area contributed by atoms with Gasteiger partial charge in [0.05, 0.1) is 5.22 Å². The molecule has 0 radical (unpaired) electrons. The summed E-state index contributed by atoms with van der Waals surface area (Å²) >= 11 is 4.44. The van der Waals surface area contributed by atoms with Crippen molar-refractivity contribution in [2.75, 3.05) is 7.11 Å². The van der Waals surface area contributed by atoms with E-state index in [1.54, 1.807) is 7.11 Å². The van der Waals surface area contributed by atoms with Gasteiger partial charge in [-0.25, -0.2) is 0 Å². The third kappa shape index (κ3) is 3.63. The summed E-state index contributed by atoms with van der Waals surface area (Å²) in [6, 6.07) is 0. The number of rotatable bonds is 5. The summed E-state index contributed by atoms with van der Waals surface area (Å²) < 4.78 is 5.49. The van der Waals surface area contributed by atoms with E-state index in [-0.39, 0.29) is 5.22 Å². The molecule has 0 N–H and O–H groups in total. The molecular formula is C8H20OSSi. The van der Waals surface area contributed by atoms with Crippen molar-refractivity contribution >= 4 is 22.9 Å². The lowest BCUT2D eigenvalue weighted by Gasteiger charge is -2.31. The lowest BCUT2D eigenvalue weighted by Crippen LogP contribution is -2.40. The summed E-state index contributed by atoms with van der Waals surface area (Å²) in [7, 11) is 2.87. The molecule has 0 amide bonds. The number of hydrogen-bond acceptors (Lipinski definition) is 2. The highest BCUT2D eigenvalue weighted by atomic mass is 32.1. The van der Waals surface area contributed by atoms with E-state index in [1.165, 1.54) is 12.8 Å². The molecule has 0 aromatic rings. The van der Waals surface area contributed by atoms with E-state index in [0.29, 0.717) is 5.25 Å². The fourth-order valence-corrected chi connectivity index (χ4v) is 1.60. The summed E-state index contributed by atoms with van der Waals surface area (Å²) in [6.45, 7) is 4.33. The molecule has 2 atom stereocenters. The largest absolute Gasteiger partial charge is 0.382 e. The summed E-state index contributed by atoms with van der Waals surface area (Å²) in [5.41, 5.74) is 0. The Bertz CT molecular complexity index is 108. The number of hydrogen-bond donors (Lipinski definition) is 1. The molecule has 0 aliphatic rings. The van der Waals surface area contributed by atoms with Crippen LogP contribution in [0.25, 0.3) is 0 Å². The molecule has 0 aromatic heterocycles. The Morgan fingerprint density at radius 1 is 1.64 bits per heavy atom. The first-order valence-corrected chi connectivity index (χ1v) is 5.81. The van der Waals surface area contributed by atoms with E-state index in [2.05, 4.69) is 26.5 Å². The summed E-state index contributed by atoms with van der Waals surface area (Å²) in [4.78, 5) is 0. The summed E-state index contributed by atoms with van der Waals surface area (Å²) in [5.74, 6) is 0. The van der Waals surface area contributed by atoms with E-state index in [0.717, 1.165) is 16.7 Å². The van der Waals surface area contributed by atoms with Gasteiger partial charge >= 0.3 is 0 Å². The van der Waals surface area contributed by atoms with Crippen molar-refractivity contribution in [1.29, 1.82) is 0 Å². The van der Waals surface area contributed by atoms with Crippen molar-refractivity contribution < 1.29 is 4.74 Å². The van der Waals surface area contributed by atoms with Crippen LogP contribution in [0.4, 0.5) is 0 Å². The normalized spacial score (nSPS) is 19.6. The standard InChI is InChI=1S/C8H20OSSi/c1-4-5-6-8(11,9-3)7(2)10/h7,10H,4-6H2,1-3,11H3. The van der Waals surface area contributed by atoms with Gasteiger partial charge in [-0.15, -0.1) is 0 Å². The van der Waals surface area contributed by atoms with Gasteiger partial charge in [-0.1, -0.05) is 26.7 Å². The zero-order chi connectivity index (χ0) is 8.91. The minimum absolute atomic E-state index is 0.0964. The molecule has 68 valence electrons. The number of unbranched alkanes of at least 4 members (excludes halogenated alkanes) is 1. The lowest BCUT2D eigenvalue weighted by molar-refractivity contribution is 0.0557. The van der Waals surface area contributed by atoms with Crippen LogP contribution in [-0.2, 0) is 4.74 Å². The average Bonchev–Trinajstić information content (AvgIpc) is 2.00. The van der Waals surface area contributed by atoms with Gasteiger partial charge in [-0.2, -0.15) is 12.6 Å². The van der Waals surface area contributed by atoms with Crippen LogP contribution >= 0.6 is 12.6 Å². The van der Waals surface area contributed by atoms with Gasteiger partial charge in [0.15, 0.2) is 0 Å². The maximum atomic E-state index is 5.49. The van der Waals surface area contributed by atoms with Crippen molar-refractivity contribution in [1.82, 2.24) is 0 Å². The molecule has 0 bridgehead atoms. The van der Waals surface area contributed by atoms with Crippen molar-refractivity contribution in [3.63, 3.8) is 0 Å². The highest BCUT2D eigenvalue weighted by Gasteiger charge is 2.27. The average molecular weight is 192 g/mol. The Hall–Kier alpha value is 0.527. The first kappa shape index (κ1) is 11.5. The third-order valence-electron chi connectivity index (χ3n) is 2.38. The molecule has 0 heterocycles. The molecule has 0 saturated carbocycles. The minimum atomic E-state index is 0.0964. The van der Waals surface area contributed by atoms with Gasteiger partial charge in [0, 0.05) is 22.6 Å². The van der Waals surface area contributed by atoms with Crippen molar-refractivity contribution in [3.05, 3.63) is 0 Å². The van der Waals surface area contributed by atoms with Gasteiger partial charge in [0.1, 0.15) is 0 Å². The number of methoxy groups -OCH3 is 1. The van der Waals surface area contributed by atoms with Crippen molar-refractivity contribution in [3.8, 4) is 0 Å². The SMILES string of the molecule is CCCCC([SiH3])(OC)C(C)S. The van der Waals surface area contributed by atoms with Crippen LogP contribution in [0.3, 0.4) is 0 Å². The van der Waals surface area contributed by atoms with Crippen LogP contribution in [0.1, 0.15) is 33.1 Å². The van der Waals surface area contributed by atoms with Crippen LogP contribution in [0, 0.1) is 0 Å². The van der Waals surface area contributed by atoms with Gasteiger partial charge in [-0.3, -0.25) is 0 Å². The highest BCUT2D eigenvalue weighted by molar-refractivity contribution is 7.81. The molecule has 0 spiro atoms. The minimum Gasteiger partial charge on any atom is -0.382 e. The van der Waals surface area contributed by atoms with E-state index in [1.807, 2.05) is 0 Å². The highest BCUT2D eigenvalue weighted by Crippen LogP contribution is 2.22. The van der Waals surface area contributed by atoms with E-state index < -0.39 is 0 Å².